The van der Waals surface area contributed by atoms with E-state index in [0.717, 1.165) is 36.5 Å². The van der Waals surface area contributed by atoms with Crippen LogP contribution in [0.4, 0.5) is 5.69 Å². The van der Waals surface area contributed by atoms with Gasteiger partial charge in [-0.15, -0.1) is 11.8 Å². The van der Waals surface area contributed by atoms with Crippen molar-refractivity contribution in [3.8, 4) is 0 Å². The van der Waals surface area contributed by atoms with E-state index in [0.29, 0.717) is 5.56 Å². The molecule has 0 radical (unpaired) electrons. The van der Waals surface area contributed by atoms with E-state index in [1.807, 2.05) is 54.0 Å². The Kier molecular flexibility index (Phi) is 4.49. The van der Waals surface area contributed by atoms with Crippen LogP contribution in [0.2, 0.25) is 0 Å². The molecule has 2 aromatic carbocycles. The van der Waals surface area contributed by atoms with Crippen LogP contribution in [0.3, 0.4) is 0 Å². The summed E-state index contributed by atoms with van der Waals surface area (Å²) in [7, 11) is 0. The number of hydrogen-bond acceptors (Lipinski definition) is 4. The summed E-state index contributed by atoms with van der Waals surface area (Å²) in [4.78, 5) is 13.9. The monoisotopic (exact) mass is 351 g/mol. The fraction of sp³-hybridized carbons (Fsp3) is 0.300. The Balaban J connectivity index is 1.47. The number of thioether (sulfide) groups is 1. The summed E-state index contributed by atoms with van der Waals surface area (Å²) in [5.41, 5.74) is 4.11. The van der Waals surface area contributed by atoms with Crippen molar-refractivity contribution in [3.63, 3.8) is 0 Å². The van der Waals surface area contributed by atoms with Gasteiger partial charge in [-0.05, 0) is 49.2 Å². The first-order chi connectivity index (χ1) is 12.2. The second-order valence-electron chi connectivity index (χ2n) is 6.46. The Morgan fingerprint density at radius 1 is 1.20 bits per heavy atom. The molecular formula is C20H21N3OS. The van der Waals surface area contributed by atoms with Crippen LogP contribution < -0.4 is 10.3 Å². The van der Waals surface area contributed by atoms with Crippen LogP contribution in [-0.4, -0.2) is 23.9 Å². The highest BCUT2D eigenvalue weighted by atomic mass is 32.2. The Hall–Kier alpha value is -2.27. The number of amides is 1. The highest BCUT2D eigenvalue weighted by Gasteiger charge is 2.22. The second-order valence-corrected chi connectivity index (χ2v) is 7.59. The molecular weight excluding hydrogens is 330 g/mol. The maximum absolute atomic E-state index is 12.6. The van der Waals surface area contributed by atoms with E-state index in [1.54, 1.807) is 0 Å². The number of nitrogens with zero attached hydrogens (tertiary/aromatic N) is 2. The number of benzene rings is 2. The molecule has 2 aliphatic heterocycles. The number of hydrogen-bond donors (Lipinski definition) is 1. The molecule has 4 rings (SSSR count). The van der Waals surface area contributed by atoms with Gasteiger partial charge in [0.05, 0.1) is 11.7 Å². The number of carbonyl (C=O) groups excluding carboxylic acids is 1. The van der Waals surface area contributed by atoms with Crippen molar-refractivity contribution in [3.05, 3.63) is 59.7 Å². The van der Waals surface area contributed by atoms with E-state index >= 15 is 0 Å². The molecule has 128 valence electrons. The van der Waals surface area contributed by atoms with Gasteiger partial charge in [-0.3, -0.25) is 9.80 Å². The zero-order chi connectivity index (χ0) is 17.2. The summed E-state index contributed by atoms with van der Waals surface area (Å²) in [6, 6.07) is 16.2. The molecule has 25 heavy (non-hydrogen) atoms. The third-order valence-corrected chi connectivity index (χ3v) is 5.79. The first-order valence-corrected chi connectivity index (χ1v) is 9.63. The zero-order valence-electron chi connectivity index (χ0n) is 14.2. The van der Waals surface area contributed by atoms with E-state index in [4.69, 9.17) is 0 Å². The molecule has 0 unspecified atom stereocenters. The van der Waals surface area contributed by atoms with E-state index in [9.17, 15) is 4.79 Å². The van der Waals surface area contributed by atoms with Gasteiger partial charge in [0, 0.05) is 34.9 Å². The van der Waals surface area contributed by atoms with Gasteiger partial charge >= 0.3 is 0 Å². The van der Waals surface area contributed by atoms with E-state index in [2.05, 4.69) is 28.6 Å². The number of hydrazone groups is 1. The molecule has 2 aliphatic rings. The van der Waals surface area contributed by atoms with Crippen molar-refractivity contribution >= 4 is 29.1 Å². The van der Waals surface area contributed by atoms with Gasteiger partial charge in [-0.1, -0.05) is 18.2 Å². The lowest BCUT2D eigenvalue weighted by Crippen LogP contribution is -2.30. The highest BCUT2D eigenvalue weighted by Crippen LogP contribution is 2.36. The summed E-state index contributed by atoms with van der Waals surface area (Å²) in [6.45, 7) is 2.95. The smallest absolute Gasteiger partial charge is 0.251 e. The summed E-state index contributed by atoms with van der Waals surface area (Å²) in [5.74, 6) is 1.02. The topological polar surface area (TPSA) is 44.7 Å². The summed E-state index contributed by atoms with van der Waals surface area (Å²) in [6.07, 6.45) is 1.97. The van der Waals surface area contributed by atoms with Gasteiger partial charge in [-0.2, -0.15) is 5.10 Å². The summed E-state index contributed by atoms with van der Waals surface area (Å²) < 4.78 is 0. The largest absolute Gasteiger partial charge is 0.345 e. The fourth-order valence-electron chi connectivity index (χ4n) is 3.28. The Morgan fingerprint density at radius 3 is 2.76 bits per heavy atom. The molecule has 2 heterocycles. The maximum atomic E-state index is 12.6. The SMILES string of the molecule is CC1=NN(c2ccc(C(=O)N[C@H]3CCSc4ccccc43)cc2)CC1. The van der Waals surface area contributed by atoms with Crippen LogP contribution in [-0.2, 0) is 0 Å². The lowest BCUT2D eigenvalue weighted by molar-refractivity contribution is 0.0935. The normalized spacial score (nSPS) is 19.3. The molecule has 0 bridgehead atoms. The minimum atomic E-state index is -0.0145. The average Bonchev–Trinajstić information content (AvgIpc) is 3.08. The lowest BCUT2D eigenvalue weighted by atomic mass is 10.0. The van der Waals surface area contributed by atoms with Crippen LogP contribution in [0.25, 0.3) is 0 Å². The fourth-order valence-corrected chi connectivity index (χ4v) is 4.40. The van der Waals surface area contributed by atoms with Crippen LogP contribution >= 0.6 is 11.8 Å². The van der Waals surface area contributed by atoms with Crippen molar-refractivity contribution < 1.29 is 4.79 Å². The molecule has 0 aromatic heterocycles. The molecule has 0 saturated carbocycles. The number of nitrogens with one attached hydrogen (secondary N) is 1. The molecule has 0 aliphatic carbocycles. The lowest BCUT2D eigenvalue weighted by Gasteiger charge is -2.26. The number of anilines is 1. The Labute approximate surface area is 152 Å². The van der Waals surface area contributed by atoms with Crippen LogP contribution in [0.5, 0.6) is 0 Å². The van der Waals surface area contributed by atoms with Crippen molar-refractivity contribution in [1.82, 2.24) is 5.32 Å². The molecule has 0 fully saturated rings. The molecule has 2 aromatic rings. The quantitative estimate of drug-likeness (QED) is 0.899. The molecule has 4 nitrogen and oxygen atoms in total. The molecule has 1 N–H and O–H groups in total. The van der Waals surface area contributed by atoms with E-state index in [-0.39, 0.29) is 11.9 Å². The zero-order valence-corrected chi connectivity index (χ0v) is 15.1. The van der Waals surface area contributed by atoms with E-state index < -0.39 is 0 Å². The third kappa shape index (κ3) is 3.42. The van der Waals surface area contributed by atoms with Gasteiger partial charge in [0.25, 0.3) is 5.91 Å². The van der Waals surface area contributed by atoms with Crippen LogP contribution in [0.15, 0.2) is 58.5 Å². The van der Waals surface area contributed by atoms with Crippen molar-refractivity contribution in [2.75, 3.05) is 17.3 Å². The standard InChI is InChI=1S/C20H21N3OS/c1-14-10-12-23(22-14)16-8-6-15(7-9-16)20(24)21-18-11-13-25-19-5-3-2-4-17(18)19/h2-9,18H,10-13H2,1H3,(H,21,24)/t18-/m0/s1. The first kappa shape index (κ1) is 16.2. The average molecular weight is 351 g/mol. The van der Waals surface area contributed by atoms with Crippen molar-refractivity contribution in [2.45, 2.75) is 30.7 Å². The van der Waals surface area contributed by atoms with Gasteiger partial charge in [0.15, 0.2) is 0 Å². The maximum Gasteiger partial charge on any atom is 0.251 e. The van der Waals surface area contributed by atoms with E-state index in [1.165, 1.54) is 10.5 Å². The third-order valence-electron chi connectivity index (χ3n) is 4.67. The molecule has 5 heteroatoms. The summed E-state index contributed by atoms with van der Waals surface area (Å²) in [5, 5.41) is 9.68. The molecule has 1 atom stereocenters. The Morgan fingerprint density at radius 2 is 2.00 bits per heavy atom. The minimum Gasteiger partial charge on any atom is -0.345 e. The first-order valence-electron chi connectivity index (χ1n) is 8.65. The van der Waals surface area contributed by atoms with Gasteiger partial charge in [0.2, 0.25) is 0 Å². The predicted octanol–water partition coefficient (Wildman–Crippen LogP) is 4.24. The number of rotatable bonds is 3. The van der Waals surface area contributed by atoms with Crippen molar-refractivity contribution in [1.29, 1.82) is 0 Å². The van der Waals surface area contributed by atoms with Gasteiger partial charge in [0.1, 0.15) is 0 Å². The predicted molar refractivity (Wildman–Crippen MR) is 104 cm³/mol. The molecule has 0 saturated heterocycles. The highest BCUT2D eigenvalue weighted by molar-refractivity contribution is 7.99. The summed E-state index contributed by atoms with van der Waals surface area (Å²) >= 11 is 1.86. The van der Waals surface area contributed by atoms with Crippen LogP contribution in [0, 0.1) is 0 Å². The second kappa shape index (κ2) is 6.92. The minimum absolute atomic E-state index is 0.0145. The molecule has 1 amide bonds. The van der Waals surface area contributed by atoms with Crippen LogP contribution in [0.1, 0.15) is 41.7 Å². The molecule has 0 spiro atoms. The Bertz CT molecular complexity index is 816. The number of fused-ring (bicyclic) bond motifs is 1. The van der Waals surface area contributed by atoms with Gasteiger partial charge in [-0.25, -0.2) is 0 Å². The van der Waals surface area contributed by atoms with Gasteiger partial charge < -0.3 is 5.32 Å². The van der Waals surface area contributed by atoms with Crippen molar-refractivity contribution in [2.24, 2.45) is 5.10 Å². The number of carbonyl (C=O) groups is 1.